The van der Waals surface area contributed by atoms with Gasteiger partial charge in [-0.05, 0) is 41.5 Å². The van der Waals surface area contributed by atoms with Crippen molar-refractivity contribution in [2.75, 3.05) is 6.61 Å². The number of ether oxygens (including phenoxy) is 2. The smallest absolute Gasteiger partial charge is 0.209 e. The van der Waals surface area contributed by atoms with Gasteiger partial charge in [-0.3, -0.25) is 0 Å². The van der Waals surface area contributed by atoms with E-state index in [0.29, 0.717) is 6.54 Å². The van der Waals surface area contributed by atoms with Crippen molar-refractivity contribution in [2.45, 2.75) is 36.4 Å². The van der Waals surface area contributed by atoms with Gasteiger partial charge in [0.1, 0.15) is 11.5 Å². The summed E-state index contributed by atoms with van der Waals surface area (Å²) in [5, 5.41) is 12.9. The van der Waals surface area contributed by atoms with Gasteiger partial charge in [-0.25, -0.2) is 4.68 Å². The summed E-state index contributed by atoms with van der Waals surface area (Å²) in [6, 6.07) is 17.9. The monoisotopic (exact) mass is 368 g/mol. The Balaban J connectivity index is 1.43. The third kappa shape index (κ3) is 4.23. The molecule has 1 fully saturated rings. The molecular formula is C19H20N4O2S. The first-order valence-corrected chi connectivity index (χ1v) is 9.68. The Bertz CT molecular complexity index is 834. The lowest BCUT2D eigenvalue weighted by atomic mass is 10.2. The van der Waals surface area contributed by atoms with Crippen LogP contribution in [0, 0.1) is 0 Å². The molecule has 134 valence electrons. The molecule has 1 aromatic heterocycles. The van der Waals surface area contributed by atoms with Gasteiger partial charge in [0, 0.05) is 17.9 Å². The van der Waals surface area contributed by atoms with Crippen LogP contribution < -0.4 is 4.74 Å². The molecule has 4 rings (SSSR count). The lowest BCUT2D eigenvalue weighted by molar-refractivity contribution is 0.0912. The molecule has 1 aliphatic rings. The number of rotatable bonds is 7. The van der Waals surface area contributed by atoms with Crippen molar-refractivity contribution in [1.29, 1.82) is 0 Å². The molecule has 0 aliphatic carbocycles. The minimum Gasteiger partial charge on any atom is -0.457 e. The summed E-state index contributed by atoms with van der Waals surface area (Å²) in [4.78, 5) is 0. The summed E-state index contributed by atoms with van der Waals surface area (Å²) in [7, 11) is 0. The Labute approximate surface area is 156 Å². The zero-order valence-electron chi connectivity index (χ0n) is 14.3. The Morgan fingerprint density at radius 2 is 1.96 bits per heavy atom. The number of hydrogen-bond acceptors (Lipinski definition) is 6. The molecule has 3 aromatic rings. The molecule has 0 N–H and O–H groups in total. The maximum absolute atomic E-state index is 6.03. The van der Waals surface area contributed by atoms with E-state index < -0.39 is 0 Å². The molecule has 0 amide bonds. The SMILES string of the molecule is c1ccc(Oc2ccccc2CSc2nnnn2C[C@@H]2CCCO2)cc1. The van der Waals surface area contributed by atoms with Crippen LogP contribution >= 0.6 is 11.8 Å². The van der Waals surface area contributed by atoms with E-state index in [2.05, 4.69) is 21.6 Å². The molecule has 1 atom stereocenters. The standard InChI is InChI=1S/C19H20N4O2S/c1-2-8-16(9-3-1)25-18-11-5-4-7-15(18)14-26-19-20-21-22-23(19)13-17-10-6-12-24-17/h1-5,7-9,11,17H,6,10,12-14H2/t17-/m0/s1. The quantitative estimate of drug-likeness (QED) is 0.589. The minimum absolute atomic E-state index is 0.214. The van der Waals surface area contributed by atoms with E-state index >= 15 is 0 Å². The predicted molar refractivity (Wildman–Crippen MR) is 99.3 cm³/mol. The van der Waals surface area contributed by atoms with Gasteiger partial charge in [-0.15, -0.1) is 5.10 Å². The molecule has 2 heterocycles. The van der Waals surface area contributed by atoms with Crippen LogP contribution in [0.1, 0.15) is 18.4 Å². The summed E-state index contributed by atoms with van der Waals surface area (Å²) in [6.07, 6.45) is 2.39. The van der Waals surface area contributed by atoms with Crippen molar-refractivity contribution in [3.63, 3.8) is 0 Å². The molecule has 0 bridgehead atoms. The van der Waals surface area contributed by atoms with Gasteiger partial charge < -0.3 is 9.47 Å². The predicted octanol–water partition coefficient (Wildman–Crippen LogP) is 3.94. The van der Waals surface area contributed by atoms with Crippen molar-refractivity contribution in [3.8, 4) is 11.5 Å². The number of para-hydroxylation sites is 2. The number of tetrazole rings is 1. The highest BCUT2D eigenvalue weighted by atomic mass is 32.2. The Kier molecular flexibility index (Phi) is 5.47. The zero-order chi connectivity index (χ0) is 17.6. The average molecular weight is 368 g/mol. The van der Waals surface area contributed by atoms with Crippen LogP contribution in [-0.2, 0) is 17.0 Å². The van der Waals surface area contributed by atoms with Gasteiger partial charge in [0.05, 0.1) is 12.6 Å². The number of benzene rings is 2. The van der Waals surface area contributed by atoms with Crippen LogP contribution in [0.5, 0.6) is 11.5 Å². The molecule has 1 saturated heterocycles. The molecule has 1 aliphatic heterocycles. The molecule has 0 unspecified atom stereocenters. The summed E-state index contributed by atoms with van der Waals surface area (Å²) in [6.45, 7) is 1.54. The second kappa shape index (κ2) is 8.33. The molecule has 6 nitrogen and oxygen atoms in total. The van der Waals surface area contributed by atoms with Gasteiger partial charge in [0.15, 0.2) is 0 Å². The van der Waals surface area contributed by atoms with Crippen LogP contribution in [0.15, 0.2) is 59.8 Å². The van der Waals surface area contributed by atoms with E-state index in [1.54, 1.807) is 11.8 Å². The fourth-order valence-corrected chi connectivity index (χ4v) is 3.75. The summed E-state index contributed by atoms with van der Waals surface area (Å²) < 4.78 is 13.5. The Morgan fingerprint density at radius 3 is 2.81 bits per heavy atom. The van der Waals surface area contributed by atoms with Crippen molar-refractivity contribution < 1.29 is 9.47 Å². The fourth-order valence-electron chi connectivity index (χ4n) is 2.88. The second-order valence-electron chi connectivity index (χ2n) is 6.09. The van der Waals surface area contributed by atoms with E-state index in [1.165, 1.54) is 0 Å². The van der Waals surface area contributed by atoms with E-state index in [9.17, 15) is 0 Å². The first-order valence-electron chi connectivity index (χ1n) is 8.70. The highest BCUT2D eigenvalue weighted by molar-refractivity contribution is 7.98. The third-order valence-electron chi connectivity index (χ3n) is 4.20. The topological polar surface area (TPSA) is 62.1 Å². The molecule has 7 heteroatoms. The summed E-state index contributed by atoms with van der Waals surface area (Å²) in [5.74, 6) is 2.41. The van der Waals surface area contributed by atoms with E-state index in [1.807, 2.05) is 53.2 Å². The lowest BCUT2D eigenvalue weighted by Gasteiger charge is -2.12. The number of hydrogen-bond donors (Lipinski definition) is 0. The van der Waals surface area contributed by atoms with Crippen molar-refractivity contribution >= 4 is 11.8 Å². The van der Waals surface area contributed by atoms with Gasteiger partial charge in [0.2, 0.25) is 5.16 Å². The van der Waals surface area contributed by atoms with Crippen LogP contribution in [0.2, 0.25) is 0 Å². The Morgan fingerprint density at radius 1 is 1.12 bits per heavy atom. The number of nitrogens with zero attached hydrogens (tertiary/aromatic N) is 4. The maximum Gasteiger partial charge on any atom is 0.209 e. The highest BCUT2D eigenvalue weighted by Gasteiger charge is 2.19. The van der Waals surface area contributed by atoms with E-state index in [4.69, 9.17) is 9.47 Å². The van der Waals surface area contributed by atoms with Crippen LogP contribution in [0.3, 0.4) is 0 Å². The zero-order valence-corrected chi connectivity index (χ0v) is 15.1. The number of thioether (sulfide) groups is 1. The first-order chi connectivity index (χ1) is 12.9. The molecule has 2 aromatic carbocycles. The first kappa shape index (κ1) is 17.1. The van der Waals surface area contributed by atoms with Gasteiger partial charge in [0.25, 0.3) is 0 Å². The van der Waals surface area contributed by atoms with E-state index in [-0.39, 0.29) is 6.10 Å². The third-order valence-corrected chi connectivity index (χ3v) is 5.21. The molecular weight excluding hydrogens is 348 g/mol. The Hall–Kier alpha value is -2.38. The molecule has 0 radical (unpaired) electrons. The normalized spacial score (nSPS) is 16.7. The van der Waals surface area contributed by atoms with Crippen LogP contribution in [0.4, 0.5) is 0 Å². The highest BCUT2D eigenvalue weighted by Crippen LogP contribution is 2.30. The van der Waals surface area contributed by atoms with Crippen LogP contribution in [0.25, 0.3) is 0 Å². The molecule has 26 heavy (non-hydrogen) atoms. The number of aromatic nitrogens is 4. The molecule has 0 saturated carbocycles. The van der Waals surface area contributed by atoms with Crippen molar-refractivity contribution in [2.24, 2.45) is 0 Å². The lowest BCUT2D eigenvalue weighted by Crippen LogP contribution is -2.16. The largest absolute Gasteiger partial charge is 0.457 e. The van der Waals surface area contributed by atoms with Gasteiger partial charge in [-0.1, -0.05) is 48.2 Å². The van der Waals surface area contributed by atoms with E-state index in [0.717, 1.165) is 47.4 Å². The minimum atomic E-state index is 0.214. The van der Waals surface area contributed by atoms with Crippen LogP contribution in [-0.4, -0.2) is 32.9 Å². The van der Waals surface area contributed by atoms with Gasteiger partial charge in [-0.2, -0.15) is 0 Å². The maximum atomic E-state index is 6.03. The summed E-state index contributed by atoms with van der Waals surface area (Å²) >= 11 is 1.61. The fraction of sp³-hybridized carbons (Fsp3) is 0.316. The second-order valence-corrected chi connectivity index (χ2v) is 7.03. The van der Waals surface area contributed by atoms with Gasteiger partial charge >= 0.3 is 0 Å². The average Bonchev–Trinajstić information content (AvgIpc) is 3.34. The van der Waals surface area contributed by atoms with Crippen molar-refractivity contribution in [1.82, 2.24) is 20.2 Å². The summed E-state index contributed by atoms with van der Waals surface area (Å²) in [5.41, 5.74) is 1.10. The molecule has 0 spiro atoms. The van der Waals surface area contributed by atoms with Crippen molar-refractivity contribution in [3.05, 3.63) is 60.2 Å².